The van der Waals surface area contributed by atoms with Crippen LogP contribution in [0.2, 0.25) is 0 Å². The van der Waals surface area contributed by atoms with Crippen molar-refractivity contribution in [2.45, 2.75) is 47.3 Å². The Kier molecular flexibility index (Phi) is 8.20. The van der Waals surface area contributed by atoms with E-state index in [1.165, 1.54) is 93.6 Å². The second-order valence-corrected chi connectivity index (χ2v) is 16.9. The normalized spacial score (nSPS) is 15.0. The average Bonchev–Trinajstić information content (AvgIpc) is 3.75. The molecule has 8 aromatic carbocycles. The summed E-state index contributed by atoms with van der Waals surface area (Å²) in [6.07, 6.45) is 6.76. The number of fused-ring (bicyclic) bond motifs is 8. The molecule has 278 valence electrons. The van der Waals surface area contributed by atoms with E-state index in [0.29, 0.717) is 0 Å². The van der Waals surface area contributed by atoms with Crippen LogP contribution >= 0.6 is 11.8 Å². The first-order chi connectivity index (χ1) is 28.7. The van der Waals surface area contributed by atoms with Crippen molar-refractivity contribution in [2.24, 2.45) is 0 Å². The van der Waals surface area contributed by atoms with Crippen molar-refractivity contribution in [1.82, 2.24) is 0 Å². The summed E-state index contributed by atoms with van der Waals surface area (Å²) in [7, 11) is 0. The van der Waals surface area contributed by atoms with E-state index in [9.17, 15) is 0 Å². The van der Waals surface area contributed by atoms with Gasteiger partial charge in [-0.3, -0.25) is 0 Å². The summed E-state index contributed by atoms with van der Waals surface area (Å²) >= 11 is 1.86. The van der Waals surface area contributed by atoms with Gasteiger partial charge in [-0.2, -0.15) is 0 Å². The van der Waals surface area contributed by atoms with E-state index in [-0.39, 0.29) is 5.41 Å². The fourth-order valence-electron chi connectivity index (χ4n) is 10.6. The Morgan fingerprint density at radius 1 is 0.466 bits per heavy atom. The van der Waals surface area contributed by atoms with Crippen LogP contribution in [0.25, 0.3) is 34.4 Å². The molecule has 1 heterocycles. The van der Waals surface area contributed by atoms with Gasteiger partial charge in [0.15, 0.2) is 0 Å². The SMILES string of the molecule is CCC1(CC)c2cc(C=Cc3cccc4c3-c3ccccc3C4(c3ccccc3)c3ccccc3)ccc2-c2ccc(N3c4ccccc4Sc4ccccc43)cc21. The monoisotopic (exact) mass is 761 g/mol. The van der Waals surface area contributed by atoms with Crippen molar-refractivity contribution in [1.29, 1.82) is 0 Å². The second-order valence-electron chi connectivity index (χ2n) is 15.8. The Labute approximate surface area is 346 Å². The maximum Gasteiger partial charge on any atom is 0.0713 e. The highest BCUT2D eigenvalue weighted by molar-refractivity contribution is 7.99. The molecule has 0 spiro atoms. The third-order valence-electron chi connectivity index (χ3n) is 13.2. The van der Waals surface area contributed by atoms with E-state index in [0.717, 1.165) is 12.8 Å². The molecule has 0 saturated heterocycles. The zero-order valence-electron chi connectivity index (χ0n) is 32.8. The van der Waals surface area contributed by atoms with Crippen LogP contribution in [0.4, 0.5) is 17.1 Å². The zero-order chi connectivity index (χ0) is 38.8. The molecule has 0 aromatic heterocycles. The molecule has 0 fully saturated rings. The Morgan fingerprint density at radius 3 is 1.71 bits per heavy atom. The Bertz CT molecular complexity index is 2820. The van der Waals surface area contributed by atoms with Crippen LogP contribution in [0.15, 0.2) is 198 Å². The largest absolute Gasteiger partial charge is 0.308 e. The van der Waals surface area contributed by atoms with Crippen molar-refractivity contribution >= 4 is 41.0 Å². The van der Waals surface area contributed by atoms with Gasteiger partial charge in [-0.1, -0.05) is 189 Å². The fourth-order valence-corrected chi connectivity index (χ4v) is 11.6. The molecule has 0 radical (unpaired) electrons. The van der Waals surface area contributed by atoms with Gasteiger partial charge in [-0.25, -0.2) is 0 Å². The Balaban J connectivity index is 1.01. The van der Waals surface area contributed by atoms with Crippen molar-refractivity contribution in [3.63, 3.8) is 0 Å². The summed E-state index contributed by atoms with van der Waals surface area (Å²) in [5.41, 5.74) is 19.2. The third-order valence-corrected chi connectivity index (χ3v) is 14.4. The number of benzene rings is 8. The third kappa shape index (κ3) is 4.98. The van der Waals surface area contributed by atoms with Gasteiger partial charge >= 0.3 is 0 Å². The van der Waals surface area contributed by atoms with E-state index in [2.05, 4.69) is 219 Å². The van der Waals surface area contributed by atoms with Crippen molar-refractivity contribution in [3.8, 4) is 22.3 Å². The van der Waals surface area contributed by atoms with Crippen molar-refractivity contribution in [3.05, 3.63) is 233 Å². The highest BCUT2D eigenvalue weighted by atomic mass is 32.2. The summed E-state index contributed by atoms with van der Waals surface area (Å²) in [4.78, 5) is 5.05. The van der Waals surface area contributed by atoms with Crippen LogP contribution in [0.5, 0.6) is 0 Å². The van der Waals surface area contributed by atoms with Gasteiger partial charge in [0.25, 0.3) is 0 Å². The fraction of sp³-hybridized carbons (Fsp3) is 0.107. The summed E-state index contributed by atoms with van der Waals surface area (Å²) in [6, 6.07) is 70.1. The molecular weight excluding hydrogens is 719 g/mol. The minimum atomic E-state index is -0.407. The van der Waals surface area contributed by atoms with Crippen LogP contribution in [-0.2, 0) is 10.8 Å². The molecule has 2 aliphatic carbocycles. The topological polar surface area (TPSA) is 3.24 Å². The maximum absolute atomic E-state index is 2.50. The van der Waals surface area contributed by atoms with Crippen molar-refractivity contribution in [2.75, 3.05) is 4.90 Å². The van der Waals surface area contributed by atoms with E-state index >= 15 is 0 Å². The predicted molar refractivity (Wildman–Crippen MR) is 245 cm³/mol. The average molecular weight is 762 g/mol. The van der Waals surface area contributed by atoms with Gasteiger partial charge in [0, 0.05) is 20.9 Å². The molecule has 8 aromatic rings. The van der Waals surface area contributed by atoms with E-state index in [1.54, 1.807) is 0 Å². The number of hydrogen-bond acceptors (Lipinski definition) is 2. The van der Waals surface area contributed by atoms with Gasteiger partial charge in [0.1, 0.15) is 0 Å². The zero-order valence-corrected chi connectivity index (χ0v) is 33.6. The summed E-state index contributed by atoms with van der Waals surface area (Å²) in [5.74, 6) is 0. The molecule has 2 heteroatoms. The van der Waals surface area contributed by atoms with Crippen LogP contribution in [0.1, 0.15) is 71.2 Å². The summed E-state index contributed by atoms with van der Waals surface area (Å²) in [5, 5.41) is 0. The Morgan fingerprint density at radius 2 is 1.03 bits per heavy atom. The van der Waals surface area contributed by atoms with E-state index in [1.807, 2.05) is 11.8 Å². The first-order valence-corrected chi connectivity index (χ1v) is 21.5. The predicted octanol–water partition coefficient (Wildman–Crippen LogP) is 15.2. The van der Waals surface area contributed by atoms with Gasteiger partial charge in [-0.15, -0.1) is 0 Å². The molecule has 1 nitrogen and oxygen atoms in total. The smallest absolute Gasteiger partial charge is 0.0713 e. The summed E-state index contributed by atoms with van der Waals surface area (Å²) < 4.78 is 0. The minimum Gasteiger partial charge on any atom is -0.308 e. The molecule has 0 atom stereocenters. The number of para-hydroxylation sites is 2. The molecule has 1 aliphatic heterocycles. The lowest BCUT2D eigenvalue weighted by atomic mass is 9.67. The highest BCUT2D eigenvalue weighted by Crippen LogP contribution is 2.58. The molecule has 0 bridgehead atoms. The first-order valence-electron chi connectivity index (χ1n) is 20.6. The molecule has 0 amide bonds. The maximum atomic E-state index is 2.50. The number of rotatable bonds is 7. The number of anilines is 3. The lowest BCUT2D eigenvalue weighted by Gasteiger charge is -2.34. The van der Waals surface area contributed by atoms with E-state index in [4.69, 9.17) is 0 Å². The molecule has 11 rings (SSSR count). The second kappa shape index (κ2) is 13.6. The lowest BCUT2D eigenvalue weighted by molar-refractivity contribution is 0.490. The molecule has 0 N–H and O–H groups in total. The van der Waals surface area contributed by atoms with Gasteiger partial charge < -0.3 is 4.90 Å². The minimum absolute atomic E-state index is 0.0774. The van der Waals surface area contributed by atoms with Crippen LogP contribution in [0.3, 0.4) is 0 Å². The van der Waals surface area contributed by atoms with Gasteiger partial charge in [0.05, 0.1) is 16.8 Å². The van der Waals surface area contributed by atoms with Crippen LogP contribution < -0.4 is 4.90 Å². The molecule has 3 aliphatic rings. The molecule has 0 saturated carbocycles. The highest BCUT2D eigenvalue weighted by Gasteiger charge is 2.46. The van der Waals surface area contributed by atoms with Crippen LogP contribution in [-0.4, -0.2) is 0 Å². The van der Waals surface area contributed by atoms with Gasteiger partial charge in [0.2, 0.25) is 0 Å². The summed E-state index contributed by atoms with van der Waals surface area (Å²) in [6.45, 7) is 4.74. The Hall–Kier alpha value is -6.35. The molecule has 58 heavy (non-hydrogen) atoms. The van der Waals surface area contributed by atoms with Crippen molar-refractivity contribution < 1.29 is 0 Å². The molecular formula is C56H43NS. The standard InChI is InChI=1S/C56H43NS/c1-3-55(4-2)48-36-38(31-34-43(48)44-35-33-42(37-49(44)55)57-50-26-13-15-28-52(50)58-53-29-16-14-27-51(53)57)30-32-39-18-17-25-47-54(39)45-23-11-12-24-46(45)56(47,40-19-7-5-8-20-40)41-21-9-6-10-22-41/h5-37H,3-4H2,1-2H3. The molecule has 0 unspecified atom stereocenters. The number of nitrogens with zero attached hydrogens (tertiary/aromatic N) is 1. The van der Waals surface area contributed by atoms with E-state index < -0.39 is 5.41 Å². The quantitative estimate of drug-likeness (QED) is 0.149. The number of hydrogen-bond donors (Lipinski definition) is 0. The first kappa shape index (κ1) is 34.9. The lowest BCUT2D eigenvalue weighted by Crippen LogP contribution is -2.28. The van der Waals surface area contributed by atoms with Crippen LogP contribution in [0, 0.1) is 0 Å². The van der Waals surface area contributed by atoms with Gasteiger partial charge in [-0.05, 0) is 116 Å².